The maximum atomic E-state index is 12.1. The molecular formula is C16H27N3O2. The van der Waals surface area contributed by atoms with Crippen LogP contribution in [-0.2, 0) is 16.1 Å². The minimum Gasteiger partial charge on any atom is -0.383 e. The van der Waals surface area contributed by atoms with Crippen molar-refractivity contribution in [1.82, 2.24) is 5.32 Å². The van der Waals surface area contributed by atoms with Crippen LogP contribution in [0.25, 0.3) is 0 Å². The fourth-order valence-corrected chi connectivity index (χ4v) is 2.20. The van der Waals surface area contributed by atoms with Crippen LogP contribution in [0.15, 0.2) is 24.3 Å². The summed E-state index contributed by atoms with van der Waals surface area (Å²) in [6, 6.07) is 8.06. The van der Waals surface area contributed by atoms with Gasteiger partial charge in [0.1, 0.15) is 0 Å². The average molecular weight is 293 g/mol. The van der Waals surface area contributed by atoms with Crippen molar-refractivity contribution in [1.29, 1.82) is 0 Å². The molecule has 0 saturated carbocycles. The van der Waals surface area contributed by atoms with Gasteiger partial charge in [-0.15, -0.1) is 0 Å². The number of anilines is 1. The number of nitrogens with zero attached hydrogens (tertiary/aromatic N) is 1. The summed E-state index contributed by atoms with van der Waals surface area (Å²) in [5.41, 5.74) is 7.75. The molecule has 0 heterocycles. The molecule has 5 nitrogen and oxygen atoms in total. The zero-order valence-electron chi connectivity index (χ0n) is 13.3. The predicted octanol–water partition coefficient (Wildman–Crippen LogP) is 1.51. The minimum atomic E-state index is 0.0101. The molecule has 0 radical (unpaired) electrons. The Morgan fingerprint density at radius 1 is 1.38 bits per heavy atom. The second-order valence-electron chi connectivity index (χ2n) is 5.22. The Bertz CT molecular complexity index is 420. The van der Waals surface area contributed by atoms with Crippen LogP contribution in [0.5, 0.6) is 0 Å². The number of nitrogens with two attached hydrogens (primary N) is 1. The molecule has 1 atom stereocenters. The summed E-state index contributed by atoms with van der Waals surface area (Å²) < 4.78 is 5.03. The Labute approximate surface area is 127 Å². The van der Waals surface area contributed by atoms with E-state index in [0.29, 0.717) is 19.7 Å². The standard InChI is InChI=1S/C16H27N3O2/c1-4-9-19(11-16(20)18-13(2)12-21-3)15-7-5-14(10-17)6-8-15/h5-8,13H,4,9-12,17H2,1-3H3,(H,18,20). The second-order valence-corrected chi connectivity index (χ2v) is 5.22. The normalized spacial score (nSPS) is 12.0. The van der Waals surface area contributed by atoms with Crippen molar-refractivity contribution in [3.8, 4) is 0 Å². The first-order chi connectivity index (χ1) is 10.1. The molecule has 0 aliphatic rings. The summed E-state index contributed by atoms with van der Waals surface area (Å²) >= 11 is 0. The van der Waals surface area contributed by atoms with Gasteiger partial charge in [0.15, 0.2) is 0 Å². The fraction of sp³-hybridized carbons (Fsp3) is 0.562. The van der Waals surface area contributed by atoms with Gasteiger partial charge in [0.25, 0.3) is 0 Å². The van der Waals surface area contributed by atoms with E-state index in [1.165, 1.54) is 0 Å². The Morgan fingerprint density at radius 3 is 2.57 bits per heavy atom. The molecule has 1 unspecified atom stereocenters. The topological polar surface area (TPSA) is 67.6 Å². The molecule has 0 aliphatic carbocycles. The molecule has 118 valence electrons. The van der Waals surface area contributed by atoms with Crippen molar-refractivity contribution in [3.05, 3.63) is 29.8 Å². The van der Waals surface area contributed by atoms with Crippen LogP contribution in [0.2, 0.25) is 0 Å². The molecule has 1 rings (SSSR count). The monoisotopic (exact) mass is 293 g/mol. The highest BCUT2D eigenvalue weighted by Gasteiger charge is 2.13. The van der Waals surface area contributed by atoms with Crippen LogP contribution in [0.3, 0.4) is 0 Å². The summed E-state index contributed by atoms with van der Waals surface area (Å²) in [6.07, 6.45) is 0.986. The number of carbonyl (C=O) groups excluding carboxylic acids is 1. The predicted molar refractivity (Wildman–Crippen MR) is 86.3 cm³/mol. The molecule has 0 fully saturated rings. The number of benzene rings is 1. The highest BCUT2D eigenvalue weighted by molar-refractivity contribution is 5.81. The van der Waals surface area contributed by atoms with E-state index in [4.69, 9.17) is 10.5 Å². The fourth-order valence-electron chi connectivity index (χ4n) is 2.20. The van der Waals surface area contributed by atoms with Crippen LogP contribution in [0.4, 0.5) is 5.69 Å². The molecule has 5 heteroatoms. The first-order valence-electron chi connectivity index (χ1n) is 7.43. The van der Waals surface area contributed by atoms with Gasteiger partial charge in [-0.2, -0.15) is 0 Å². The van der Waals surface area contributed by atoms with Crippen molar-refractivity contribution in [2.75, 3.05) is 31.7 Å². The smallest absolute Gasteiger partial charge is 0.239 e. The van der Waals surface area contributed by atoms with Crippen molar-refractivity contribution >= 4 is 11.6 Å². The van der Waals surface area contributed by atoms with E-state index in [0.717, 1.165) is 24.2 Å². The number of hydrogen-bond donors (Lipinski definition) is 2. The number of methoxy groups -OCH3 is 1. The lowest BCUT2D eigenvalue weighted by molar-refractivity contribution is -0.120. The van der Waals surface area contributed by atoms with Crippen LogP contribution in [-0.4, -0.2) is 38.8 Å². The van der Waals surface area contributed by atoms with Crippen LogP contribution in [0.1, 0.15) is 25.8 Å². The highest BCUT2D eigenvalue weighted by atomic mass is 16.5. The molecule has 1 aromatic rings. The van der Waals surface area contributed by atoms with Gasteiger partial charge in [-0.25, -0.2) is 0 Å². The molecule has 1 aromatic carbocycles. The van der Waals surface area contributed by atoms with E-state index in [1.807, 2.05) is 31.2 Å². The molecule has 0 spiro atoms. The SMILES string of the molecule is CCCN(CC(=O)NC(C)COC)c1ccc(CN)cc1. The molecule has 0 bridgehead atoms. The summed E-state index contributed by atoms with van der Waals surface area (Å²) in [7, 11) is 1.63. The van der Waals surface area contributed by atoms with Crippen molar-refractivity contribution in [3.63, 3.8) is 0 Å². The number of carbonyl (C=O) groups is 1. The minimum absolute atomic E-state index is 0.0101. The summed E-state index contributed by atoms with van der Waals surface area (Å²) in [6.45, 7) is 6.28. The molecule has 3 N–H and O–H groups in total. The van der Waals surface area contributed by atoms with Crippen LogP contribution in [0, 0.1) is 0 Å². The van der Waals surface area contributed by atoms with Gasteiger partial charge in [-0.1, -0.05) is 19.1 Å². The number of hydrogen-bond acceptors (Lipinski definition) is 4. The van der Waals surface area contributed by atoms with E-state index in [2.05, 4.69) is 17.1 Å². The van der Waals surface area contributed by atoms with Gasteiger partial charge in [-0.3, -0.25) is 4.79 Å². The maximum absolute atomic E-state index is 12.1. The Morgan fingerprint density at radius 2 is 2.05 bits per heavy atom. The van der Waals surface area contributed by atoms with Crippen molar-refractivity contribution in [2.45, 2.75) is 32.9 Å². The van der Waals surface area contributed by atoms with Crippen LogP contribution >= 0.6 is 0 Å². The molecule has 0 aromatic heterocycles. The number of rotatable bonds is 9. The van der Waals surface area contributed by atoms with E-state index in [9.17, 15) is 4.79 Å². The quantitative estimate of drug-likeness (QED) is 0.724. The largest absolute Gasteiger partial charge is 0.383 e. The van der Waals surface area contributed by atoms with Gasteiger partial charge in [0, 0.05) is 31.9 Å². The third kappa shape index (κ3) is 6.14. The first-order valence-corrected chi connectivity index (χ1v) is 7.43. The lowest BCUT2D eigenvalue weighted by atomic mass is 10.2. The molecule has 1 amide bonds. The van der Waals surface area contributed by atoms with Gasteiger partial charge >= 0.3 is 0 Å². The Kier molecular flexibility index (Phi) is 7.79. The lowest BCUT2D eigenvalue weighted by Crippen LogP contribution is -2.43. The third-order valence-electron chi connectivity index (χ3n) is 3.19. The van der Waals surface area contributed by atoms with Gasteiger partial charge < -0.3 is 20.7 Å². The zero-order chi connectivity index (χ0) is 15.7. The highest BCUT2D eigenvalue weighted by Crippen LogP contribution is 2.15. The van der Waals surface area contributed by atoms with Crippen LogP contribution < -0.4 is 16.0 Å². The van der Waals surface area contributed by atoms with Gasteiger partial charge in [0.2, 0.25) is 5.91 Å². The lowest BCUT2D eigenvalue weighted by Gasteiger charge is -2.25. The van der Waals surface area contributed by atoms with Crippen molar-refractivity contribution in [2.24, 2.45) is 5.73 Å². The number of amides is 1. The average Bonchev–Trinajstić information content (AvgIpc) is 2.47. The maximum Gasteiger partial charge on any atom is 0.239 e. The van der Waals surface area contributed by atoms with E-state index in [-0.39, 0.29) is 11.9 Å². The molecular weight excluding hydrogens is 266 g/mol. The Hall–Kier alpha value is -1.59. The Balaban J connectivity index is 2.65. The summed E-state index contributed by atoms with van der Waals surface area (Å²) in [5.74, 6) is 0.0101. The second kappa shape index (κ2) is 9.37. The first kappa shape index (κ1) is 17.5. The van der Waals surface area contributed by atoms with Gasteiger partial charge in [-0.05, 0) is 31.0 Å². The third-order valence-corrected chi connectivity index (χ3v) is 3.19. The van der Waals surface area contributed by atoms with E-state index in [1.54, 1.807) is 7.11 Å². The van der Waals surface area contributed by atoms with Crippen molar-refractivity contribution < 1.29 is 9.53 Å². The van der Waals surface area contributed by atoms with E-state index < -0.39 is 0 Å². The van der Waals surface area contributed by atoms with E-state index >= 15 is 0 Å². The number of ether oxygens (including phenoxy) is 1. The molecule has 0 saturated heterocycles. The number of nitrogens with one attached hydrogen (secondary N) is 1. The summed E-state index contributed by atoms with van der Waals surface area (Å²) in [4.78, 5) is 14.2. The zero-order valence-corrected chi connectivity index (χ0v) is 13.3. The molecule has 21 heavy (non-hydrogen) atoms. The molecule has 0 aliphatic heterocycles. The summed E-state index contributed by atoms with van der Waals surface area (Å²) in [5, 5.41) is 2.94. The van der Waals surface area contributed by atoms with Gasteiger partial charge in [0.05, 0.1) is 13.2 Å².